The molecule has 0 saturated heterocycles. The average Bonchev–Trinajstić information content (AvgIpc) is 2.19. The summed E-state index contributed by atoms with van der Waals surface area (Å²) < 4.78 is 0. The summed E-state index contributed by atoms with van der Waals surface area (Å²) in [5, 5.41) is 12.8. The van der Waals surface area contributed by atoms with E-state index in [2.05, 4.69) is 5.32 Å². The zero-order valence-electron chi connectivity index (χ0n) is 10.7. The molecule has 0 bridgehead atoms. The van der Waals surface area contributed by atoms with E-state index in [4.69, 9.17) is 5.73 Å². The van der Waals surface area contributed by atoms with Gasteiger partial charge in [0.25, 0.3) is 0 Å². The van der Waals surface area contributed by atoms with Gasteiger partial charge >= 0.3 is 0 Å². The summed E-state index contributed by atoms with van der Waals surface area (Å²) in [5.41, 5.74) is 5.39. The Labute approximate surface area is 110 Å². The Balaban J connectivity index is 0.00000256. The first-order chi connectivity index (χ1) is 7.44. The van der Waals surface area contributed by atoms with Gasteiger partial charge < -0.3 is 16.2 Å². The normalized spacial score (nSPS) is 30.2. The summed E-state index contributed by atoms with van der Waals surface area (Å²) in [5.74, 6) is -0.0194. The third kappa shape index (κ3) is 5.23. The molecule has 0 aromatic carbocycles. The Hall–Kier alpha value is -0.320. The van der Waals surface area contributed by atoms with Gasteiger partial charge in [-0.25, -0.2) is 0 Å². The first-order valence-electron chi connectivity index (χ1n) is 6.14. The van der Waals surface area contributed by atoms with E-state index < -0.39 is 0 Å². The van der Waals surface area contributed by atoms with Crippen LogP contribution in [0.15, 0.2) is 0 Å². The lowest BCUT2D eigenvalue weighted by Crippen LogP contribution is -2.45. The minimum absolute atomic E-state index is 0. The fourth-order valence-corrected chi connectivity index (χ4v) is 2.25. The van der Waals surface area contributed by atoms with Gasteiger partial charge in [-0.1, -0.05) is 19.8 Å². The van der Waals surface area contributed by atoms with E-state index in [9.17, 15) is 9.90 Å². The number of carbonyl (C=O) groups excluding carboxylic acids is 1. The fourth-order valence-electron chi connectivity index (χ4n) is 2.25. The second-order valence-corrected chi connectivity index (χ2v) is 5.37. The minimum Gasteiger partial charge on any atom is -0.392 e. The molecule has 17 heavy (non-hydrogen) atoms. The van der Waals surface area contributed by atoms with Crippen LogP contribution in [0.5, 0.6) is 0 Å². The highest BCUT2D eigenvalue weighted by Crippen LogP contribution is 2.35. The van der Waals surface area contributed by atoms with Gasteiger partial charge in [0.2, 0.25) is 5.91 Å². The fraction of sp³-hybridized carbons (Fsp3) is 0.917. The third-order valence-corrected chi connectivity index (χ3v) is 3.48. The molecule has 1 saturated carbocycles. The van der Waals surface area contributed by atoms with E-state index in [0.717, 1.165) is 25.7 Å². The summed E-state index contributed by atoms with van der Waals surface area (Å²) in [6.07, 6.45) is 4.11. The zero-order valence-corrected chi connectivity index (χ0v) is 11.6. The molecule has 102 valence electrons. The van der Waals surface area contributed by atoms with Crippen molar-refractivity contribution in [3.63, 3.8) is 0 Å². The van der Waals surface area contributed by atoms with Gasteiger partial charge in [0.1, 0.15) is 0 Å². The Bertz CT molecular complexity index is 249. The number of amides is 1. The SMILES string of the molecule is CC(N)CC(=O)NCC1(C)CCCCC1O.Cl. The van der Waals surface area contributed by atoms with Gasteiger partial charge in [0.05, 0.1) is 6.10 Å². The maximum atomic E-state index is 11.5. The highest BCUT2D eigenvalue weighted by molar-refractivity contribution is 5.85. The maximum Gasteiger partial charge on any atom is 0.221 e. The van der Waals surface area contributed by atoms with Crippen molar-refractivity contribution in [1.29, 1.82) is 0 Å². The van der Waals surface area contributed by atoms with E-state index in [1.165, 1.54) is 0 Å². The lowest BCUT2D eigenvalue weighted by atomic mass is 9.73. The van der Waals surface area contributed by atoms with E-state index in [0.29, 0.717) is 13.0 Å². The van der Waals surface area contributed by atoms with Gasteiger partial charge in [-0.15, -0.1) is 12.4 Å². The van der Waals surface area contributed by atoms with E-state index >= 15 is 0 Å². The first kappa shape index (κ1) is 16.7. The zero-order chi connectivity index (χ0) is 12.2. The van der Waals surface area contributed by atoms with Crippen molar-refractivity contribution < 1.29 is 9.90 Å². The lowest BCUT2D eigenvalue weighted by molar-refractivity contribution is -0.122. The lowest BCUT2D eigenvalue weighted by Gasteiger charge is -2.38. The van der Waals surface area contributed by atoms with Crippen molar-refractivity contribution in [1.82, 2.24) is 5.32 Å². The van der Waals surface area contributed by atoms with Crippen LogP contribution in [0.2, 0.25) is 0 Å². The number of nitrogens with two attached hydrogens (primary N) is 1. The van der Waals surface area contributed by atoms with Crippen molar-refractivity contribution >= 4 is 18.3 Å². The Kier molecular flexibility index (Phi) is 7.05. The molecular formula is C12H25ClN2O2. The van der Waals surface area contributed by atoms with Crippen LogP contribution in [-0.4, -0.2) is 29.7 Å². The standard InChI is InChI=1S/C12H24N2O2.ClH/c1-9(13)7-11(16)14-8-12(2)6-4-3-5-10(12)15;/h9-10,15H,3-8,13H2,1-2H3,(H,14,16);1H. The molecule has 0 radical (unpaired) electrons. The molecule has 0 spiro atoms. The van der Waals surface area contributed by atoms with Gasteiger partial charge in [0.15, 0.2) is 0 Å². The summed E-state index contributed by atoms with van der Waals surface area (Å²) >= 11 is 0. The van der Waals surface area contributed by atoms with E-state index in [1.807, 2.05) is 13.8 Å². The number of halogens is 1. The maximum absolute atomic E-state index is 11.5. The Morgan fingerprint density at radius 2 is 2.24 bits per heavy atom. The van der Waals surface area contributed by atoms with Crippen molar-refractivity contribution in [2.45, 2.75) is 58.1 Å². The molecule has 1 aliphatic rings. The number of aliphatic hydroxyl groups excluding tert-OH is 1. The van der Waals surface area contributed by atoms with Gasteiger partial charge in [-0.3, -0.25) is 4.79 Å². The van der Waals surface area contributed by atoms with E-state index in [-0.39, 0.29) is 35.9 Å². The number of aliphatic hydroxyl groups is 1. The summed E-state index contributed by atoms with van der Waals surface area (Å²) in [7, 11) is 0. The van der Waals surface area contributed by atoms with Crippen LogP contribution in [0.1, 0.15) is 46.0 Å². The quantitative estimate of drug-likeness (QED) is 0.714. The summed E-state index contributed by atoms with van der Waals surface area (Å²) in [4.78, 5) is 11.5. The van der Waals surface area contributed by atoms with Crippen molar-refractivity contribution in [3.05, 3.63) is 0 Å². The molecule has 5 heteroatoms. The summed E-state index contributed by atoms with van der Waals surface area (Å²) in [6, 6.07) is -0.107. The van der Waals surface area contributed by atoms with Crippen LogP contribution in [0.4, 0.5) is 0 Å². The van der Waals surface area contributed by atoms with E-state index in [1.54, 1.807) is 0 Å². The third-order valence-electron chi connectivity index (χ3n) is 3.48. The number of rotatable bonds is 4. The highest BCUT2D eigenvalue weighted by atomic mass is 35.5. The molecule has 4 nitrogen and oxygen atoms in total. The number of carbonyl (C=O) groups is 1. The molecule has 4 N–H and O–H groups in total. The van der Waals surface area contributed by atoms with Gasteiger partial charge in [-0.2, -0.15) is 0 Å². The predicted molar refractivity (Wildman–Crippen MR) is 71.1 cm³/mol. The Morgan fingerprint density at radius 1 is 1.59 bits per heavy atom. The topological polar surface area (TPSA) is 75.4 Å². The molecular weight excluding hydrogens is 240 g/mol. The number of nitrogens with one attached hydrogen (secondary N) is 1. The molecule has 0 aromatic rings. The number of hydrogen-bond acceptors (Lipinski definition) is 3. The molecule has 1 aliphatic carbocycles. The smallest absolute Gasteiger partial charge is 0.221 e. The predicted octanol–water partition coefficient (Wildman–Crippen LogP) is 1.20. The largest absolute Gasteiger partial charge is 0.392 e. The van der Waals surface area contributed by atoms with Crippen LogP contribution in [0, 0.1) is 5.41 Å². The van der Waals surface area contributed by atoms with Gasteiger partial charge in [-0.05, 0) is 19.8 Å². The van der Waals surface area contributed by atoms with Crippen molar-refractivity contribution in [3.8, 4) is 0 Å². The van der Waals surface area contributed by atoms with Crippen LogP contribution < -0.4 is 11.1 Å². The molecule has 1 amide bonds. The molecule has 3 unspecified atom stereocenters. The molecule has 3 atom stereocenters. The first-order valence-corrected chi connectivity index (χ1v) is 6.14. The van der Waals surface area contributed by atoms with Gasteiger partial charge in [0, 0.05) is 24.4 Å². The van der Waals surface area contributed by atoms with Crippen LogP contribution in [-0.2, 0) is 4.79 Å². The monoisotopic (exact) mass is 264 g/mol. The molecule has 1 rings (SSSR count). The van der Waals surface area contributed by atoms with Crippen LogP contribution >= 0.6 is 12.4 Å². The number of hydrogen-bond donors (Lipinski definition) is 3. The average molecular weight is 265 g/mol. The van der Waals surface area contributed by atoms with Crippen molar-refractivity contribution in [2.24, 2.45) is 11.1 Å². The second kappa shape index (κ2) is 7.19. The molecule has 0 heterocycles. The highest BCUT2D eigenvalue weighted by Gasteiger charge is 2.35. The van der Waals surface area contributed by atoms with Crippen LogP contribution in [0.25, 0.3) is 0 Å². The Morgan fingerprint density at radius 3 is 2.76 bits per heavy atom. The molecule has 0 aromatic heterocycles. The minimum atomic E-state index is -0.295. The summed E-state index contributed by atoms with van der Waals surface area (Å²) in [6.45, 7) is 4.42. The van der Waals surface area contributed by atoms with Crippen molar-refractivity contribution in [2.75, 3.05) is 6.54 Å². The molecule has 1 fully saturated rings. The second-order valence-electron chi connectivity index (χ2n) is 5.37. The van der Waals surface area contributed by atoms with Crippen LogP contribution in [0.3, 0.4) is 0 Å². The molecule has 0 aliphatic heterocycles.